The number of aliphatic carboxylic acids is 1. The number of nitrogens with one attached hydrogen (secondary N) is 2. The lowest BCUT2D eigenvalue weighted by Gasteiger charge is -2.14. The summed E-state index contributed by atoms with van der Waals surface area (Å²) in [4.78, 5) is 32.5. The van der Waals surface area contributed by atoms with E-state index in [1.165, 1.54) is 0 Å². The first-order chi connectivity index (χ1) is 14.5. The molecule has 4 aromatic rings. The molecule has 0 aliphatic rings. The molecule has 0 bridgehead atoms. The third kappa shape index (κ3) is 3.47. The number of aromatic nitrogens is 3. The minimum absolute atomic E-state index is 0.158. The number of carboxylic acids is 1. The van der Waals surface area contributed by atoms with Crippen LogP contribution in [0.4, 0.5) is 0 Å². The van der Waals surface area contributed by atoms with E-state index in [9.17, 15) is 14.7 Å². The number of nitrogens with zero attached hydrogens (tertiary/aromatic N) is 2. The highest BCUT2D eigenvalue weighted by molar-refractivity contribution is 5.97. The number of carbonyl (C=O) groups excluding carboxylic acids is 1. The molecule has 154 valence electrons. The Kier molecular flexibility index (Phi) is 5.14. The number of hydrogen-bond acceptors (Lipinski definition) is 4. The summed E-state index contributed by atoms with van der Waals surface area (Å²) in [6.45, 7) is 4.06. The Labute approximate surface area is 172 Å². The molecule has 1 unspecified atom stereocenters. The minimum atomic E-state index is -1.10. The summed E-state index contributed by atoms with van der Waals surface area (Å²) in [5.74, 6) is -1.04. The van der Waals surface area contributed by atoms with Gasteiger partial charge in [-0.15, -0.1) is 0 Å². The van der Waals surface area contributed by atoms with Gasteiger partial charge in [0.1, 0.15) is 11.7 Å². The molecule has 3 heterocycles. The first-order valence-electron chi connectivity index (χ1n) is 9.68. The molecule has 3 N–H and O–H groups in total. The van der Waals surface area contributed by atoms with Gasteiger partial charge in [0, 0.05) is 29.7 Å². The molecular weight excluding hydrogens is 384 g/mol. The first kappa shape index (κ1) is 19.5. The number of ether oxygens (including phenoxy) is 1. The second kappa shape index (κ2) is 7.90. The summed E-state index contributed by atoms with van der Waals surface area (Å²) >= 11 is 0. The van der Waals surface area contributed by atoms with Crippen molar-refractivity contribution in [2.45, 2.75) is 26.3 Å². The number of rotatable bonds is 7. The Hall–Kier alpha value is -3.81. The normalized spacial score (nSPS) is 12.2. The average Bonchev–Trinajstić information content (AvgIpc) is 3.28. The number of pyridine rings is 1. The number of carbonyl (C=O) groups is 2. The molecule has 0 saturated carbocycles. The Morgan fingerprint density at radius 2 is 2.07 bits per heavy atom. The zero-order chi connectivity index (χ0) is 21.3. The second-order valence-electron chi connectivity index (χ2n) is 6.97. The molecule has 8 nitrogen and oxygen atoms in total. The standard InChI is InChI=1S/C22H22N4O4/c1-3-30-18-9-6-10-26-19(13(2)24-20(18)26)21(27)25-17(22(28)29)11-14-12-23-16-8-5-4-7-15(14)16/h4-10,12,17,23H,3,11H2,1-2H3,(H,25,27)(H,28,29). The van der Waals surface area contributed by atoms with E-state index in [0.717, 1.165) is 16.5 Å². The average molecular weight is 406 g/mol. The molecule has 1 atom stereocenters. The molecule has 8 heteroatoms. The first-order valence-corrected chi connectivity index (χ1v) is 9.68. The number of aromatic amines is 1. The van der Waals surface area contributed by atoms with Gasteiger partial charge in [0.05, 0.1) is 12.3 Å². The number of para-hydroxylation sites is 1. The molecule has 0 radical (unpaired) electrons. The van der Waals surface area contributed by atoms with Gasteiger partial charge in [-0.2, -0.15) is 0 Å². The maximum absolute atomic E-state index is 13.0. The van der Waals surface area contributed by atoms with Crippen molar-refractivity contribution in [2.24, 2.45) is 0 Å². The molecule has 30 heavy (non-hydrogen) atoms. The van der Waals surface area contributed by atoms with E-state index in [1.807, 2.05) is 31.2 Å². The molecule has 1 amide bonds. The van der Waals surface area contributed by atoms with Gasteiger partial charge >= 0.3 is 5.97 Å². The van der Waals surface area contributed by atoms with Crippen molar-refractivity contribution in [3.05, 3.63) is 65.7 Å². The number of hydrogen-bond donors (Lipinski definition) is 3. The van der Waals surface area contributed by atoms with Crippen molar-refractivity contribution in [3.8, 4) is 5.75 Å². The number of H-pyrrole nitrogens is 1. The van der Waals surface area contributed by atoms with Gasteiger partial charge in [-0.3, -0.25) is 9.20 Å². The van der Waals surface area contributed by atoms with Crippen molar-refractivity contribution in [1.82, 2.24) is 19.7 Å². The number of imidazole rings is 1. The summed E-state index contributed by atoms with van der Waals surface area (Å²) in [7, 11) is 0. The third-order valence-corrected chi connectivity index (χ3v) is 5.01. The molecule has 0 spiro atoms. The van der Waals surface area contributed by atoms with E-state index >= 15 is 0 Å². The van der Waals surface area contributed by atoms with Crippen molar-refractivity contribution in [3.63, 3.8) is 0 Å². The van der Waals surface area contributed by atoms with E-state index in [2.05, 4.69) is 15.3 Å². The summed E-state index contributed by atoms with van der Waals surface area (Å²) in [6.07, 6.45) is 3.65. The zero-order valence-electron chi connectivity index (χ0n) is 16.7. The zero-order valence-corrected chi connectivity index (χ0v) is 16.7. The van der Waals surface area contributed by atoms with E-state index in [0.29, 0.717) is 23.7 Å². The Morgan fingerprint density at radius 1 is 1.27 bits per heavy atom. The lowest BCUT2D eigenvalue weighted by atomic mass is 10.0. The number of amides is 1. The summed E-state index contributed by atoms with van der Waals surface area (Å²) in [5.41, 5.74) is 3.05. The van der Waals surface area contributed by atoms with Crippen LogP contribution in [0, 0.1) is 6.92 Å². The van der Waals surface area contributed by atoms with Crippen LogP contribution in [0.25, 0.3) is 16.6 Å². The molecule has 3 aromatic heterocycles. The number of fused-ring (bicyclic) bond motifs is 2. The molecule has 4 rings (SSSR count). The molecule has 1 aromatic carbocycles. The van der Waals surface area contributed by atoms with Crippen LogP contribution in [0.15, 0.2) is 48.8 Å². The van der Waals surface area contributed by atoms with Crippen LogP contribution < -0.4 is 10.1 Å². The topological polar surface area (TPSA) is 109 Å². The highest BCUT2D eigenvalue weighted by atomic mass is 16.5. The number of aryl methyl sites for hydroxylation is 1. The predicted molar refractivity (Wildman–Crippen MR) is 112 cm³/mol. The molecule has 0 fully saturated rings. The minimum Gasteiger partial charge on any atom is -0.490 e. The van der Waals surface area contributed by atoms with Crippen molar-refractivity contribution < 1.29 is 19.4 Å². The summed E-state index contributed by atoms with van der Waals surface area (Å²) < 4.78 is 7.21. The number of carboxylic acid groups (broad SMARTS) is 1. The van der Waals surface area contributed by atoms with Crippen molar-refractivity contribution >= 4 is 28.4 Å². The largest absolute Gasteiger partial charge is 0.490 e. The van der Waals surface area contributed by atoms with Gasteiger partial charge in [0.15, 0.2) is 11.4 Å². The van der Waals surface area contributed by atoms with Gasteiger partial charge < -0.3 is 20.1 Å². The quantitative estimate of drug-likeness (QED) is 0.437. The predicted octanol–water partition coefficient (Wildman–Crippen LogP) is 2.95. The monoisotopic (exact) mass is 406 g/mol. The van der Waals surface area contributed by atoms with Gasteiger partial charge in [0.2, 0.25) is 0 Å². The number of benzene rings is 1. The van der Waals surface area contributed by atoms with E-state index in [-0.39, 0.29) is 12.1 Å². The van der Waals surface area contributed by atoms with Gasteiger partial charge in [0.25, 0.3) is 5.91 Å². The fourth-order valence-corrected chi connectivity index (χ4v) is 3.64. The van der Waals surface area contributed by atoms with Crippen LogP contribution in [-0.4, -0.2) is 44.0 Å². The van der Waals surface area contributed by atoms with E-state index in [4.69, 9.17) is 4.74 Å². The van der Waals surface area contributed by atoms with Crippen LogP contribution >= 0.6 is 0 Å². The van der Waals surface area contributed by atoms with Crippen LogP contribution in [0.1, 0.15) is 28.7 Å². The Morgan fingerprint density at radius 3 is 2.83 bits per heavy atom. The van der Waals surface area contributed by atoms with E-state index in [1.54, 1.807) is 35.9 Å². The lowest BCUT2D eigenvalue weighted by Crippen LogP contribution is -2.42. The van der Waals surface area contributed by atoms with Crippen LogP contribution in [-0.2, 0) is 11.2 Å². The Balaban J connectivity index is 1.63. The molecule has 0 aliphatic heterocycles. The molecule has 0 saturated heterocycles. The second-order valence-corrected chi connectivity index (χ2v) is 6.97. The Bertz CT molecular complexity index is 1240. The summed E-state index contributed by atoms with van der Waals surface area (Å²) in [5, 5.41) is 13.3. The highest BCUT2D eigenvalue weighted by Gasteiger charge is 2.26. The van der Waals surface area contributed by atoms with Crippen LogP contribution in [0.2, 0.25) is 0 Å². The third-order valence-electron chi connectivity index (χ3n) is 5.01. The van der Waals surface area contributed by atoms with Crippen molar-refractivity contribution in [1.29, 1.82) is 0 Å². The molecular formula is C22H22N4O4. The van der Waals surface area contributed by atoms with Crippen LogP contribution in [0.5, 0.6) is 5.75 Å². The lowest BCUT2D eigenvalue weighted by molar-refractivity contribution is -0.139. The van der Waals surface area contributed by atoms with Gasteiger partial charge in [-0.25, -0.2) is 9.78 Å². The fraction of sp³-hybridized carbons (Fsp3) is 0.227. The van der Waals surface area contributed by atoms with Gasteiger partial charge in [-0.1, -0.05) is 18.2 Å². The molecule has 0 aliphatic carbocycles. The smallest absolute Gasteiger partial charge is 0.326 e. The van der Waals surface area contributed by atoms with E-state index < -0.39 is 17.9 Å². The highest BCUT2D eigenvalue weighted by Crippen LogP contribution is 2.23. The maximum atomic E-state index is 13.0. The van der Waals surface area contributed by atoms with Crippen molar-refractivity contribution in [2.75, 3.05) is 6.61 Å². The summed E-state index contributed by atoms with van der Waals surface area (Å²) in [6, 6.07) is 10.1. The maximum Gasteiger partial charge on any atom is 0.326 e. The fourth-order valence-electron chi connectivity index (χ4n) is 3.64. The SMILES string of the molecule is CCOc1cccn2c(C(=O)NC(Cc3c[nH]c4ccccc34)C(=O)O)c(C)nc12. The van der Waals surface area contributed by atoms with Crippen LogP contribution in [0.3, 0.4) is 0 Å². The van der Waals surface area contributed by atoms with Gasteiger partial charge in [-0.05, 0) is 37.6 Å².